The van der Waals surface area contributed by atoms with Crippen LogP contribution >= 0.6 is 11.3 Å². The number of hydrogen-bond donors (Lipinski definition) is 1. The third-order valence-corrected chi connectivity index (χ3v) is 3.37. The van der Waals surface area contributed by atoms with E-state index in [4.69, 9.17) is 4.42 Å². The summed E-state index contributed by atoms with van der Waals surface area (Å²) in [6.07, 6.45) is 5.23. The summed E-state index contributed by atoms with van der Waals surface area (Å²) in [4.78, 5) is 11.6. The van der Waals surface area contributed by atoms with Crippen molar-refractivity contribution in [2.45, 2.75) is 18.8 Å². The molecule has 6 heteroatoms. The fourth-order valence-corrected chi connectivity index (χ4v) is 2.25. The molecular formula is C10H9N3O2S. The SMILES string of the molecule is O=C(Nc1nnc(C2CC2)s1)c1ccoc1. The van der Waals surface area contributed by atoms with E-state index in [2.05, 4.69) is 15.5 Å². The lowest BCUT2D eigenvalue weighted by Crippen LogP contribution is -2.10. The van der Waals surface area contributed by atoms with Crippen molar-refractivity contribution in [1.29, 1.82) is 0 Å². The van der Waals surface area contributed by atoms with Gasteiger partial charge in [0.15, 0.2) is 0 Å². The highest BCUT2D eigenvalue weighted by atomic mass is 32.1. The predicted octanol–water partition coefficient (Wildman–Crippen LogP) is 2.26. The van der Waals surface area contributed by atoms with Crippen molar-refractivity contribution < 1.29 is 9.21 Å². The normalized spacial score (nSPS) is 15.0. The van der Waals surface area contributed by atoms with Gasteiger partial charge in [0.05, 0.1) is 11.8 Å². The molecule has 1 aliphatic rings. The van der Waals surface area contributed by atoms with E-state index in [0.717, 1.165) is 5.01 Å². The zero-order valence-corrected chi connectivity index (χ0v) is 9.16. The van der Waals surface area contributed by atoms with Crippen molar-refractivity contribution in [2.75, 3.05) is 5.32 Å². The van der Waals surface area contributed by atoms with Gasteiger partial charge in [-0.05, 0) is 18.9 Å². The summed E-state index contributed by atoms with van der Waals surface area (Å²) in [5.74, 6) is 0.351. The molecule has 0 aromatic carbocycles. The van der Waals surface area contributed by atoms with E-state index in [1.165, 1.54) is 36.7 Å². The molecule has 1 N–H and O–H groups in total. The summed E-state index contributed by atoms with van der Waals surface area (Å²) in [6.45, 7) is 0. The number of nitrogens with zero attached hydrogens (tertiary/aromatic N) is 2. The van der Waals surface area contributed by atoms with Crippen LogP contribution in [0.2, 0.25) is 0 Å². The van der Waals surface area contributed by atoms with Crippen molar-refractivity contribution >= 4 is 22.4 Å². The Morgan fingerprint density at radius 2 is 2.38 bits per heavy atom. The Bertz CT molecular complexity index is 502. The minimum Gasteiger partial charge on any atom is -0.472 e. The Balaban J connectivity index is 1.71. The second-order valence-corrected chi connectivity index (χ2v) is 4.69. The zero-order valence-electron chi connectivity index (χ0n) is 8.34. The van der Waals surface area contributed by atoms with Gasteiger partial charge in [-0.25, -0.2) is 0 Å². The fourth-order valence-electron chi connectivity index (χ4n) is 1.34. The number of carbonyl (C=O) groups excluding carboxylic acids is 1. The minimum atomic E-state index is -0.216. The fraction of sp³-hybridized carbons (Fsp3) is 0.300. The number of hydrogen-bond acceptors (Lipinski definition) is 5. The van der Waals surface area contributed by atoms with E-state index in [-0.39, 0.29) is 5.91 Å². The molecule has 82 valence electrons. The van der Waals surface area contributed by atoms with E-state index in [1.807, 2.05) is 0 Å². The molecule has 0 spiro atoms. The maximum absolute atomic E-state index is 11.6. The molecule has 2 heterocycles. The maximum atomic E-state index is 11.6. The first-order chi connectivity index (χ1) is 7.83. The van der Waals surface area contributed by atoms with Crippen LogP contribution in [0.4, 0.5) is 5.13 Å². The van der Waals surface area contributed by atoms with Crippen LogP contribution in [0.5, 0.6) is 0 Å². The molecular weight excluding hydrogens is 226 g/mol. The first-order valence-electron chi connectivity index (χ1n) is 5.00. The average Bonchev–Trinajstić information content (AvgIpc) is 2.82. The summed E-state index contributed by atoms with van der Waals surface area (Å²) in [5.41, 5.74) is 0.489. The van der Waals surface area contributed by atoms with Crippen LogP contribution in [0.3, 0.4) is 0 Å². The summed E-state index contributed by atoms with van der Waals surface area (Å²) < 4.78 is 4.83. The van der Waals surface area contributed by atoms with Crippen LogP contribution in [0.25, 0.3) is 0 Å². The monoisotopic (exact) mass is 235 g/mol. The van der Waals surface area contributed by atoms with Crippen molar-refractivity contribution in [2.24, 2.45) is 0 Å². The number of anilines is 1. The molecule has 1 fully saturated rings. The van der Waals surface area contributed by atoms with Crippen LogP contribution in [0.15, 0.2) is 23.0 Å². The van der Waals surface area contributed by atoms with E-state index in [9.17, 15) is 4.79 Å². The van der Waals surface area contributed by atoms with E-state index in [0.29, 0.717) is 16.6 Å². The average molecular weight is 235 g/mol. The predicted molar refractivity (Wildman–Crippen MR) is 58.5 cm³/mol. The first-order valence-corrected chi connectivity index (χ1v) is 5.81. The van der Waals surface area contributed by atoms with Gasteiger partial charge in [-0.15, -0.1) is 10.2 Å². The van der Waals surface area contributed by atoms with Crippen LogP contribution in [-0.2, 0) is 0 Å². The van der Waals surface area contributed by atoms with Gasteiger partial charge in [-0.3, -0.25) is 10.1 Å². The number of carbonyl (C=O) groups is 1. The largest absolute Gasteiger partial charge is 0.472 e. The van der Waals surface area contributed by atoms with Crippen LogP contribution in [-0.4, -0.2) is 16.1 Å². The second-order valence-electron chi connectivity index (χ2n) is 3.69. The smallest absolute Gasteiger partial charge is 0.260 e. The Morgan fingerprint density at radius 3 is 3.06 bits per heavy atom. The first kappa shape index (κ1) is 9.53. The van der Waals surface area contributed by atoms with Gasteiger partial charge in [-0.1, -0.05) is 11.3 Å². The molecule has 3 rings (SSSR count). The molecule has 0 aliphatic heterocycles. The molecule has 0 saturated heterocycles. The van der Waals surface area contributed by atoms with Crippen molar-refractivity contribution in [3.8, 4) is 0 Å². The summed E-state index contributed by atoms with van der Waals surface area (Å²) in [6, 6.07) is 1.61. The molecule has 0 atom stereocenters. The van der Waals surface area contributed by atoms with Crippen LogP contribution in [0.1, 0.15) is 34.1 Å². The molecule has 16 heavy (non-hydrogen) atoms. The summed E-state index contributed by atoms with van der Waals surface area (Å²) >= 11 is 1.44. The maximum Gasteiger partial charge on any atom is 0.260 e. The standard InChI is InChI=1S/C10H9N3O2S/c14-8(7-3-4-15-5-7)11-10-13-12-9(16-10)6-1-2-6/h3-6H,1-2H2,(H,11,13,14). The van der Waals surface area contributed by atoms with Gasteiger partial charge in [0.25, 0.3) is 5.91 Å². The van der Waals surface area contributed by atoms with Gasteiger partial charge in [0.1, 0.15) is 11.3 Å². The highest BCUT2D eigenvalue weighted by Gasteiger charge is 2.27. The number of aromatic nitrogens is 2. The highest BCUT2D eigenvalue weighted by Crippen LogP contribution is 2.42. The quantitative estimate of drug-likeness (QED) is 0.886. The lowest BCUT2D eigenvalue weighted by molar-refractivity contribution is 0.102. The number of nitrogens with one attached hydrogen (secondary N) is 1. The third-order valence-electron chi connectivity index (χ3n) is 2.37. The van der Waals surface area contributed by atoms with E-state index in [1.54, 1.807) is 6.07 Å². The van der Waals surface area contributed by atoms with Gasteiger partial charge in [0.2, 0.25) is 5.13 Å². The van der Waals surface area contributed by atoms with E-state index < -0.39 is 0 Å². The van der Waals surface area contributed by atoms with Gasteiger partial charge in [0, 0.05) is 5.92 Å². The summed E-state index contributed by atoms with van der Waals surface area (Å²) in [5, 5.41) is 12.2. The molecule has 0 radical (unpaired) electrons. The van der Waals surface area contributed by atoms with Crippen molar-refractivity contribution in [1.82, 2.24) is 10.2 Å². The lowest BCUT2D eigenvalue weighted by Gasteiger charge is -1.95. The summed E-state index contributed by atoms with van der Waals surface area (Å²) in [7, 11) is 0. The molecule has 0 bridgehead atoms. The Hall–Kier alpha value is -1.69. The molecule has 1 aliphatic carbocycles. The number of rotatable bonds is 3. The van der Waals surface area contributed by atoms with Crippen molar-refractivity contribution in [3.63, 3.8) is 0 Å². The zero-order chi connectivity index (χ0) is 11.0. The topological polar surface area (TPSA) is 68.0 Å². The Morgan fingerprint density at radius 1 is 1.50 bits per heavy atom. The van der Waals surface area contributed by atoms with Gasteiger partial charge >= 0.3 is 0 Å². The number of furan rings is 1. The van der Waals surface area contributed by atoms with Gasteiger partial charge < -0.3 is 4.42 Å². The lowest BCUT2D eigenvalue weighted by atomic mass is 10.3. The minimum absolute atomic E-state index is 0.216. The van der Waals surface area contributed by atoms with E-state index >= 15 is 0 Å². The van der Waals surface area contributed by atoms with Crippen LogP contribution < -0.4 is 5.32 Å². The Labute approximate surface area is 95.5 Å². The van der Waals surface area contributed by atoms with Crippen molar-refractivity contribution in [3.05, 3.63) is 29.2 Å². The third kappa shape index (κ3) is 1.83. The molecule has 0 unspecified atom stereocenters. The molecule has 2 aromatic rings. The molecule has 1 saturated carbocycles. The molecule has 2 aromatic heterocycles. The second kappa shape index (κ2) is 3.71. The van der Waals surface area contributed by atoms with Gasteiger partial charge in [-0.2, -0.15) is 0 Å². The highest BCUT2D eigenvalue weighted by molar-refractivity contribution is 7.15. The molecule has 5 nitrogen and oxygen atoms in total. The molecule has 1 amide bonds. The number of amides is 1. The Kier molecular flexibility index (Phi) is 2.21. The van der Waals surface area contributed by atoms with Crippen LogP contribution in [0, 0.1) is 0 Å².